The highest BCUT2D eigenvalue weighted by molar-refractivity contribution is 7.14. The van der Waals surface area contributed by atoms with Crippen molar-refractivity contribution in [2.45, 2.75) is 59.5 Å². The molecule has 0 aliphatic rings. The van der Waals surface area contributed by atoms with Crippen LogP contribution in [0.3, 0.4) is 0 Å². The summed E-state index contributed by atoms with van der Waals surface area (Å²) in [6.07, 6.45) is 6.22. The minimum absolute atomic E-state index is 0.0298. The van der Waals surface area contributed by atoms with E-state index in [0.29, 0.717) is 22.0 Å². The van der Waals surface area contributed by atoms with E-state index in [1.54, 1.807) is 36.4 Å². The quantitative estimate of drug-likeness (QED) is 0.345. The van der Waals surface area contributed by atoms with E-state index in [9.17, 15) is 9.59 Å². The van der Waals surface area contributed by atoms with Gasteiger partial charge in [-0.15, -0.1) is 11.3 Å². The summed E-state index contributed by atoms with van der Waals surface area (Å²) in [6, 6.07) is 4.83. The number of hydrogen-bond acceptors (Lipinski definition) is 6. The van der Waals surface area contributed by atoms with E-state index in [1.807, 2.05) is 26.0 Å². The minimum atomic E-state index is -0.664. The van der Waals surface area contributed by atoms with Gasteiger partial charge in [0.15, 0.2) is 0 Å². The number of carbonyl (C=O) groups is 2. The van der Waals surface area contributed by atoms with Gasteiger partial charge in [0, 0.05) is 24.3 Å². The Bertz CT molecular complexity index is 1180. The zero-order valence-corrected chi connectivity index (χ0v) is 22.5. The summed E-state index contributed by atoms with van der Waals surface area (Å²) in [5.74, 6) is -0.527. The van der Waals surface area contributed by atoms with Crippen molar-refractivity contribution >= 4 is 46.1 Å². The van der Waals surface area contributed by atoms with E-state index in [-0.39, 0.29) is 23.3 Å². The average molecular weight is 517 g/mol. The fraction of sp³-hybridized carbons (Fsp3) is 0.440. The topological polar surface area (TPSA) is 101 Å². The second-order valence-electron chi connectivity index (χ2n) is 9.87. The molecule has 8 nitrogen and oxygen atoms in total. The number of anilines is 2. The highest BCUT2D eigenvalue weighted by Crippen LogP contribution is 2.29. The maximum atomic E-state index is 13.1. The molecule has 2 amide bonds. The van der Waals surface area contributed by atoms with E-state index < -0.39 is 6.04 Å². The molecule has 0 radical (unpaired) electrons. The van der Waals surface area contributed by atoms with Crippen LogP contribution in [0.25, 0.3) is 0 Å². The molecule has 0 fully saturated rings. The van der Waals surface area contributed by atoms with Gasteiger partial charge < -0.3 is 16.0 Å². The molecule has 0 aliphatic heterocycles. The summed E-state index contributed by atoms with van der Waals surface area (Å²) in [4.78, 5) is 31.9. The highest BCUT2D eigenvalue weighted by atomic mass is 35.5. The number of amides is 2. The van der Waals surface area contributed by atoms with Gasteiger partial charge >= 0.3 is 0 Å². The molecule has 10 heteroatoms. The number of pyridine rings is 1. The highest BCUT2D eigenvalue weighted by Gasteiger charge is 2.25. The van der Waals surface area contributed by atoms with Crippen molar-refractivity contribution in [2.24, 2.45) is 12.5 Å². The first-order valence-electron chi connectivity index (χ1n) is 11.5. The zero-order valence-electron chi connectivity index (χ0n) is 21.0. The number of halogens is 1. The number of rotatable bonds is 9. The summed E-state index contributed by atoms with van der Waals surface area (Å²) >= 11 is 7.47. The van der Waals surface area contributed by atoms with Crippen LogP contribution in [0, 0.1) is 12.3 Å². The predicted octanol–water partition coefficient (Wildman–Crippen LogP) is 5.57. The van der Waals surface area contributed by atoms with Gasteiger partial charge in [-0.3, -0.25) is 19.3 Å². The Morgan fingerprint density at radius 1 is 1.23 bits per heavy atom. The summed E-state index contributed by atoms with van der Waals surface area (Å²) in [5, 5.41) is 13.8. The van der Waals surface area contributed by atoms with Crippen molar-refractivity contribution < 1.29 is 9.59 Å². The molecule has 3 rings (SSSR count). The van der Waals surface area contributed by atoms with Crippen LogP contribution in [0.15, 0.2) is 36.8 Å². The van der Waals surface area contributed by atoms with Crippen LogP contribution in [0.2, 0.25) is 5.02 Å². The lowest BCUT2D eigenvalue weighted by atomic mass is 9.88. The normalized spacial score (nSPS) is 13.2. The molecule has 0 aromatic carbocycles. The fourth-order valence-corrected chi connectivity index (χ4v) is 4.53. The number of hydrogen-bond donors (Lipinski definition) is 3. The molecular formula is C25H33ClN6O2S. The lowest BCUT2D eigenvalue weighted by Crippen LogP contribution is -2.44. The van der Waals surface area contributed by atoms with Crippen molar-refractivity contribution in [1.29, 1.82) is 0 Å². The average Bonchev–Trinajstić information content (AvgIpc) is 3.42. The number of aryl methyl sites for hydroxylation is 2. The zero-order chi connectivity index (χ0) is 25.8. The third kappa shape index (κ3) is 7.80. The van der Waals surface area contributed by atoms with Gasteiger partial charge in [-0.2, -0.15) is 5.10 Å². The SMILES string of the molecule is Cc1ncc(Cl)cc1N[C@@H](C)c1ccc(C(=O)N[C@@H](CCC(C)(C)C)C(=O)Nc2cnn(C)c2)s1. The largest absolute Gasteiger partial charge is 0.376 e. The van der Waals surface area contributed by atoms with Gasteiger partial charge in [-0.05, 0) is 50.3 Å². The molecule has 3 aromatic heterocycles. The standard InChI is InChI=1S/C25H33ClN6O2S/c1-15-20(11-17(26)12-27-15)29-16(2)21-7-8-22(35-21)24(34)31-19(9-10-25(3,4)5)23(33)30-18-13-28-32(6)14-18/h7-8,11-14,16,19,29H,9-10H2,1-6H3,(H,30,33)(H,31,34)/t16-,19-/m0/s1. The Labute approximate surface area is 215 Å². The van der Waals surface area contributed by atoms with Crippen molar-refractivity contribution in [3.63, 3.8) is 0 Å². The smallest absolute Gasteiger partial charge is 0.262 e. The summed E-state index contributed by atoms with van der Waals surface area (Å²) in [5.41, 5.74) is 2.31. The van der Waals surface area contributed by atoms with E-state index >= 15 is 0 Å². The van der Waals surface area contributed by atoms with E-state index in [4.69, 9.17) is 11.6 Å². The van der Waals surface area contributed by atoms with Crippen LogP contribution in [0.4, 0.5) is 11.4 Å². The molecule has 0 unspecified atom stereocenters. The van der Waals surface area contributed by atoms with Crippen LogP contribution in [-0.4, -0.2) is 32.6 Å². The first-order chi connectivity index (χ1) is 16.4. The first kappa shape index (κ1) is 26.7. The minimum Gasteiger partial charge on any atom is -0.376 e. The van der Waals surface area contributed by atoms with Crippen LogP contribution >= 0.6 is 22.9 Å². The summed E-state index contributed by atoms with van der Waals surface area (Å²) < 4.78 is 1.61. The number of thiophene rings is 1. The molecule has 188 valence electrons. The van der Waals surface area contributed by atoms with Crippen molar-refractivity contribution in [3.05, 3.63) is 57.3 Å². The number of nitrogens with zero attached hydrogens (tertiary/aromatic N) is 3. The Kier molecular flexibility index (Phi) is 8.56. The second kappa shape index (κ2) is 11.2. The monoisotopic (exact) mass is 516 g/mol. The van der Waals surface area contributed by atoms with Crippen LogP contribution < -0.4 is 16.0 Å². The molecule has 3 aromatic rings. The number of carbonyl (C=O) groups excluding carboxylic acids is 2. The molecule has 0 spiro atoms. The third-order valence-corrected chi connectivity index (χ3v) is 6.95. The van der Waals surface area contributed by atoms with E-state index in [2.05, 4.69) is 46.8 Å². The molecule has 0 saturated carbocycles. The maximum absolute atomic E-state index is 13.1. The van der Waals surface area contributed by atoms with Crippen LogP contribution in [0.1, 0.15) is 66.8 Å². The fourth-order valence-electron chi connectivity index (χ4n) is 3.46. The van der Waals surface area contributed by atoms with Crippen molar-refractivity contribution in [3.8, 4) is 0 Å². The van der Waals surface area contributed by atoms with Gasteiger partial charge in [-0.25, -0.2) is 0 Å². The molecular weight excluding hydrogens is 484 g/mol. The molecule has 0 aliphatic carbocycles. The molecule has 2 atom stereocenters. The molecule has 0 saturated heterocycles. The van der Waals surface area contributed by atoms with Crippen molar-refractivity contribution in [2.75, 3.05) is 10.6 Å². The third-order valence-electron chi connectivity index (χ3n) is 5.48. The van der Waals surface area contributed by atoms with Crippen molar-refractivity contribution in [1.82, 2.24) is 20.1 Å². The summed E-state index contributed by atoms with van der Waals surface area (Å²) in [7, 11) is 1.78. The first-order valence-corrected chi connectivity index (χ1v) is 12.7. The Morgan fingerprint density at radius 2 is 1.97 bits per heavy atom. The summed E-state index contributed by atoms with van der Waals surface area (Å²) in [6.45, 7) is 10.3. The number of nitrogens with one attached hydrogen (secondary N) is 3. The van der Waals surface area contributed by atoms with Crippen LogP contribution in [-0.2, 0) is 11.8 Å². The Balaban J connectivity index is 1.69. The molecule has 0 bridgehead atoms. The van der Waals surface area contributed by atoms with E-state index in [1.165, 1.54) is 11.3 Å². The number of aromatic nitrogens is 3. The van der Waals surface area contributed by atoms with E-state index in [0.717, 1.165) is 22.7 Å². The molecule has 3 heterocycles. The Hall–Kier alpha value is -2.91. The van der Waals surface area contributed by atoms with Gasteiger partial charge in [0.2, 0.25) is 5.91 Å². The van der Waals surface area contributed by atoms with Gasteiger partial charge in [0.25, 0.3) is 5.91 Å². The lowest BCUT2D eigenvalue weighted by molar-refractivity contribution is -0.118. The lowest BCUT2D eigenvalue weighted by Gasteiger charge is -2.23. The predicted molar refractivity (Wildman–Crippen MR) is 142 cm³/mol. The van der Waals surface area contributed by atoms with Gasteiger partial charge in [0.05, 0.1) is 39.2 Å². The van der Waals surface area contributed by atoms with Gasteiger partial charge in [0.1, 0.15) is 6.04 Å². The van der Waals surface area contributed by atoms with Gasteiger partial charge in [-0.1, -0.05) is 32.4 Å². The molecule has 3 N–H and O–H groups in total. The van der Waals surface area contributed by atoms with Crippen LogP contribution in [0.5, 0.6) is 0 Å². The maximum Gasteiger partial charge on any atom is 0.262 e. The Morgan fingerprint density at radius 3 is 2.63 bits per heavy atom. The second-order valence-corrected chi connectivity index (χ2v) is 11.4. The molecule has 35 heavy (non-hydrogen) atoms.